The highest BCUT2D eigenvalue weighted by atomic mass is 127. The first-order valence-electron chi connectivity index (χ1n) is 7.44. The minimum atomic E-state index is -3.09. The average molecular weight is 448 g/mol. The van der Waals surface area contributed by atoms with E-state index in [1.807, 2.05) is 0 Å². The molecule has 0 spiro atoms. The Kier molecular flexibility index (Phi) is 11.3. The van der Waals surface area contributed by atoms with Crippen LogP contribution < -0.4 is 10.0 Å². The van der Waals surface area contributed by atoms with Gasteiger partial charge in [-0.25, -0.2) is 13.1 Å². The van der Waals surface area contributed by atoms with E-state index in [0.29, 0.717) is 19.0 Å². The Morgan fingerprint density at radius 1 is 1.41 bits per heavy atom. The molecule has 0 radical (unpaired) electrons. The van der Waals surface area contributed by atoms with Gasteiger partial charge in [-0.05, 0) is 19.8 Å². The van der Waals surface area contributed by atoms with E-state index < -0.39 is 10.0 Å². The molecule has 0 bridgehead atoms. The first-order valence-corrected chi connectivity index (χ1v) is 9.09. The van der Waals surface area contributed by atoms with E-state index >= 15 is 0 Å². The summed E-state index contributed by atoms with van der Waals surface area (Å²) in [5.41, 5.74) is 0. The first-order chi connectivity index (χ1) is 10.0. The molecule has 1 saturated heterocycles. The van der Waals surface area contributed by atoms with Gasteiger partial charge in [0.25, 0.3) is 0 Å². The number of halogens is 1. The van der Waals surface area contributed by atoms with Crippen molar-refractivity contribution in [2.45, 2.75) is 19.8 Å². The Balaban J connectivity index is 0.00000441. The van der Waals surface area contributed by atoms with Gasteiger partial charge < -0.3 is 15.0 Å². The fraction of sp³-hybridized carbons (Fsp3) is 0.923. The van der Waals surface area contributed by atoms with Gasteiger partial charge in [-0.1, -0.05) is 0 Å². The van der Waals surface area contributed by atoms with Crippen molar-refractivity contribution in [3.8, 4) is 0 Å². The number of aliphatic imine (C=N–C) groups is 1. The van der Waals surface area contributed by atoms with Crippen molar-refractivity contribution in [2.75, 3.05) is 52.7 Å². The predicted molar refractivity (Wildman–Crippen MR) is 100 cm³/mol. The van der Waals surface area contributed by atoms with Gasteiger partial charge in [0, 0.05) is 46.3 Å². The third-order valence-corrected chi connectivity index (χ3v) is 4.94. The van der Waals surface area contributed by atoms with E-state index in [1.165, 1.54) is 0 Å². The Bertz CT molecular complexity index is 431. The van der Waals surface area contributed by atoms with E-state index in [9.17, 15) is 8.42 Å². The monoisotopic (exact) mass is 448 g/mol. The summed E-state index contributed by atoms with van der Waals surface area (Å²) < 4.78 is 30.3. The molecule has 22 heavy (non-hydrogen) atoms. The number of sulfonamides is 1. The number of hydrogen-bond acceptors (Lipinski definition) is 4. The zero-order valence-electron chi connectivity index (χ0n) is 13.7. The highest BCUT2D eigenvalue weighted by Crippen LogP contribution is 2.16. The highest BCUT2D eigenvalue weighted by Gasteiger charge is 2.24. The largest absolute Gasteiger partial charge is 0.384 e. The van der Waals surface area contributed by atoms with Crippen LogP contribution in [0.15, 0.2) is 4.99 Å². The average Bonchev–Trinajstić information content (AvgIpc) is 2.91. The number of hydrogen-bond donors (Lipinski definition) is 2. The lowest BCUT2D eigenvalue weighted by Gasteiger charge is -2.21. The Hall–Kier alpha value is -0.130. The maximum absolute atomic E-state index is 11.3. The summed E-state index contributed by atoms with van der Waals surface area (Å²) in [5.74, 6) is 1.56. The standard InChI is InChI=1S/C13H28N4O3S.HI/c1-4-21(18,19)16-8-5-7-15-13(14-2)17-9-6-12(10-17)11-20-3;/h12,16H,4-11H2,1-3H3,(H,14,15);1H. The molecule has 0 aromatic carbocycles. The summed E-state index contributed by atoms with van der Waals surface area (Å²) in [7, 11) is 0.412. The minimum absolute atomic E-state index is 0. The maximum Gasteiger partial charge on any atom is 0.211 e. The summed E-state index contributed by atoms with van der Waals surface area (Å²) in [4.78, 5) is 6.50. The van der Waals surface area contributed by atoms with Crippen molar-refractivity contribution >= 4 is 40.0 Å². The van der Waals surface area contributed by atoms with Gasteiger partial charge in [-0.15, -0.1) is 24.0 Å². The second-order valence-electron chi connectivity index (χ2n) is 5.18. The van der Waals surface area contributed by atoms with E-state index in [-0.39, 0.29) is 29.7 Å². The predicted octanol–water partition coefficient (Wildman–Crippen LogP) is 0.478. The highest BCUT2D eigenvalue weighted by molar-refractivity contribution is 14.0. The van der Waals surface area contributed by atoms with Crippen LogP contribution in [0.5, 0.6) is 0 Å². The number of rotatable bonds is 8. The molecule has 0 aromatic heterocycles. The molecule has 1 unspecified atom stereocenters. The summed E-state index contributed by atoms with van der Waals surface area (Å²) in [5, 5.41) is 3.28. The molecule has 1 aliphatic rings. The molecular weight excluding hydrogens is 419 g/mol. The fourth-order valence-corrected chi connectivity index (χ4v) is 3.01. The summed E-state index contributed by atoms with van der Waals surface area (Å²) in [6, 6.07) is 0. The van der Waals surface area contributed by atoms with Crippen molar-refractivity contribution in [3.05, 3.63) is 0 Å². The Morgan fingerprint density at radius 2 is 2.14 bits per heavy atom. The molecule has 1 aliphatic heterocycles. The third-order valence-electron chi connectivity index (χ3n) is 3.54. The molecule has 1 fully saturated rings. The van der Waals surface area contributed by atoms with Crippen LogP contribution in [0.4, 0.5) is 0 Å². The van der Waals surface area contributed by atoms with Crippen molar-refractivity contribution < 1.29 is 13.2 Å². The van der Waals surface area contributed by atoms with Gasteiger partial charge in [0.2, 0.25) is 10.0 Å². The third kappa shape index (κ3) is 7.93. The maximum atomic E-state index is 11.3. The summed E-state index contributed by atoms with van der Waals surface area (Å²) in [6.07, 6.45) is 1.85. The Labute approximate surface area is 151 Å². The van der Waals surface area contributed by atoms with E-state index in [4.69, 9.17) is 4.74 Å². The smallest absolute Gasteiger partial charge is 0.211 e. The molecule has 2 N–H and O–H groups in total. The molecular formula is C13H29IN4O3S. The zero-order chi connectivity index (χ0) is 15.7. The molecule has 1 atom stereocenters. The topological polar surface area (TPSA) is 83.0 Å². The second-order valence-corrected chi connectivity index (χ2v) is 7.28. The van der Waals surface area contributed by atoms with Crippen LogP contribution in [0.2, 0.25) is 0 Å². The molecule has 1 heterocycles. The molecule has 0 aliphatic carbocycles. The molecule has 132 valence electrons. The van der Waals surface area contributed by atoms with Gasteiger partial charge in [0.05, 0.1) is 12.4 Å². The number of nitrogens with one attached hydrogen (secondary N) is 2. The number of likely N-dealkylation sites (tertiary alicyclic amines) is 1. The van der Waals surface area contributed by atoms with E-state index in [1.54, 1.807) is 21.1 Å². The minimum Gasteiger partial charge on any atom is -0.384 e. The zero-order valence-corrected chi connectivity index (χ0v) is 16.8. The van der Waals surface area contributed by atoms with Crippen molar-refractivity contribution in [2.24, 2.45) is 10.9 Å². The number of methoxy groups -OCH3 is 1. The first kappa shape index (κ1) is 21.9. The number of ether oxygens (including phenoxy) is 1. The second kappa shape index (κ2) is 11.4. The van der Waals surface area contributed by atoms with Gasteiger partial charge in [0.15, 0.2) is 5.96 Å². The molecule has 7 nitrogen and oxygen atoms in total. The van der Waals surface area contributed by atoms with E-state index in [2.05, 4.69) is 19.9 Å². The Morgan fingerprint density at radius 3 is 2.73 bits per heavy atom. The van der Waals surface area contributed by atoms with Gasteiger partial charge in [-0.3, -0.25) is 4.99 Å². The number of nitrogens with zero attached hydrogens (tertiary/aromatic N) is 2. The lowest BCUT2D eigenvalue weighted by atomic mass is 10.1. The molecule has 0 saturated carbocycles. The quantitative estimate of drug-likeness (QED) is 0.244. The van der Waals surface area contributed by atoms with Crippen LogP contribution >= 0.6 is 24.0 Å². The molecule has 1 rings (SSSR count). The van der Waals surface area contributed by atoms with Crippen LogP contribution in [-0.4, -0.2) is 72.0 Å². The van der Waals surface area contributed by atoms with Gasteiger partial charge in [-0.2, -0.15) is 0 Å². The SMILES string of the molecule is CCS(=O)(=O)NCCCNC(=NC)N1CCC(COC)C1.I. The van der Waals surface area contributed by atoms with Crippen LogP contribution in [0.25, 0.3) is 0 Å². The normalized spacial score (nSPS) is 19.1. The lowest BCUT2D eigenvalue weighted by molar-refractivity contribution is 0.157. The summed E-state index contributed by atoms with van der Waals surface area (Å²) >= 11 is 0. The van der Waals surface area contributed by atoms with Crippen molar-refractivity contribution in [1.29, 1.82) is 0 Å². The van der Waals surface area contributed by atoms with Crippen LogP contribution in [0, 0.1) is 5.92 Å². The van der Waals surface area contributed by atoms with Gasteiger partial charge >= 0.3 is 0 Å². The van der Waals surface area contributed by atoms with Crippen molar-refractivity contribution in [3.63, 3.8) is 0 Å². The van der Waals surface area contributed by atoms with Crippen LogP contribution in [0.3, 0.4) is 0 Å². The lowest BCUT2D eigenvalue weighted by Crippen LogP contribution is -2.41. The molecule has 9 heteroatoms. The summed E-state index contributed by atoms with van der Waals surface area (Å²) in [6.45, 7) is 5.50. The van der Waals surface area contributed by atoms with Crippen molar-refractivity contribution in [1.82, 2.24) is 14.9 Å². The molecule has 0 amide bonds. The van der Waals surface area contributed by atoms with Crippen LogP contribution in [0.1, 0.15) is 19.8 Å². The molecule has 0 aromatic rings. The van der Waals surface area contributed by atoms with Gasteiger partial charge in [0.1, 0.15) is 0 Å². The van der Waals surface area contributed by atoms with Crippen LogP contribution in [-0.2, 0) is 14.8 Å². The van der Waals surface area contributed by atoms with E-state index in [0.717, 1.165) is 38.5 Å². The number of guanidine groups is 1. The fourth-order valence-electron chi connectivity index (χ4n) is 2.35.